The molecule has 0 bridgehead atoms. The van der Waals surface area contributed by atoms with E-state index in [9.17, 15) is 0 Å². The van der Waals surface area contributed by atoms with Gasteiger partial charge in [0.2, 0.25) is 0 Å². The molecule has 0 atom stereocenters. The number of hydrogen-bond acceptors (Lipinski definition) is 2. The zero-order chi connectivity index (χ0) is 39.5. The van der Waals surface area contributed by atoms with Crippen LogP contribution in [0.5, 0.6) is 0 Å². The molecule has 10 aromatic rings. The van der Waals surface area contributed by atoms with Crippen LogP contribution in [0, 0.1) is 0 Å². The Morgan fingerprint density at radius 1 is 0.390 bits per heavy atom. The van der Waals surface area contributed by atoms with Crippen LogP contribution >= 0.6 is 0 Å². The molecule has 0 spiro atoms. The van der Waals surface area contributed by atoms with Crippen LogP contribution in [0.1, 0.15) is 25.0 Å². The molecule has 9 aromatic carbocycles. The molecule has 0 amide bonds. The van der Waals surface area contributed by atoms with Gasteiger partial charge < -0.3 is 9.32 Å². The van der Waals surface area contributed by atoms with Crippen molar-refractivity contribution in [3.63, 3.8) is 0 Å². The molecule has 2 heteroatoms. The number of nitrogens with zero attached hydrogens (tertiary/aromatic N) is 1. The maximum Gasteiger partial charge on any atom is 0.137 e. The number of para-hydroxylation sites is 1. The quantitative estimate of drug-likeness (QED) is 0.161. The van der Waals surface area contributed by atoms with Crippen molar-refractivity contribution in [1.29, 1.82) is 0 Å². The van der Waals surface area contributed by atoms with Crippen molar-refractivity contribution in [2.75, 3.05) is 4.90 Å². The van der Waals surface area contributed by atoms with Crippen molar-refractivity contribution < 1.29 is 4.42 Å². The molecule has 0 N–H and O–H groups in total. The van der Waals surface area contributed by atoms with Crippen LogP contribution in [0.4, 0.5) is 17.1 Å². The largest absolute Gasteiger partial charge is 0.456 e. The normalized spacial score (nSPS) is 12.7. The smallest absolute Gasteiger partial charge is 0.137 e. The first-order valence-electron chi connectivity index (χ1n) is 20.4. The Labute approximate surface area is 345 Å². The molecule has 1 aliphatic rings. The van der Waals surface area contributed by atoms with Gasteiger partial charge in [-0.3, -0.25) is 0 Å². The fourth-order valence-electron chi connectivity index (χ4n) is 9.44. The molecule has 2 nitrogen and oxygen atoms in total. The Hall–Kier alpha value is -7.42. The van der Waals surface area contributed by atoms with E-state index in [1.54, 1.807) is 0 Å². The summed E-state index contributed by atoms with van der Waals surface area (Å²) in [5, 5.41) is 2.35. The topological polar surface area (TPSA) is 16.4 Å². The third-order valence-electron chi connectivity index (χ3n) is 12.3. The molecule has 0 aliphatic heterocycles. The molecule has 11 rings (SSSR count). The predicted octanol–water partition coefficient (Wildman–Crippen LogP) is 16.0. The Balaban J connectivity index is 1.17. The molecule has 280 valence electrons. The van der Waals surface area contributed by atoms with Crippen molar-refractivity contribution in [3.8, 4) is 55.6 Å². The zero-order valence-electron chi connectivity index (χ0n) is 33.1. The van der Waals surface area contributed by atoms with Gasteiger partial charge in [-0.05, 0) is 91.5 Å². The summed E-state index contributed by atoms with van der Waals surface area (Å²) in [7, 11) is 0. The van der Waals surface area contributed by atoms with Crippen LogP contribution in [0.3, 0.4) is 0 Å². The fourth-order valence-corrected chi connectivity index (χ4v) is 9.44. The fraction of sp³-hybridized carbons (Fsp3) is 0.0526. The first kappa shape index (κ1) is 34.8. The van der Waals surface area contributed by atoms with Crippen molar-refractivity contribution in [2.24, 2.45) is 0 Å². The van der Waals surface area contributed by atoms with Gasteiger partial charge in [-0.25, -0.2) is 0 Å². The number of furan rings is 1. The number of rotatable bonds is 7. The van der Waals surface area contributed by atoms with Gasteiger partial charge in [0.1, 0.15) is 11.2 Å². The second-order valence-corrected chi connectivity index (χ2v) is 16.1. The van der Waals surface area contributed by atoms with Crippen molar-refractivity contribution in [1.82, 2.24) is 0 Å². The molecule has 59 heavy (non-hydrogen) atoms. The minimum Gasteiger partial charge on any atom is -0.456 e. The lowest BCUT2D eigenvalue weighted by atomic mass is 9.80. The van der Waals surface area contributed by atoms with Gasteiger partial charge in [-0.1, -0.05) is 190 Å². The molecule has 1 heterocycles. The lowest BCUT2D eigenvalue weighted by molar-refractivity contribution is 0.657. The van der Waals surface area contributed by atoms with E-state index in [4.69, 9.17) is 4.42 Å². The molecule has 0 saturated carbocycles. The molecular formula is C57H41NO. The van der Waals surface area contributed by atoms with Gasteiger partial charge in [0.15, 0.2) is 0 Å². The highest BCUT2D eigenvalue weighted by atomic mass is 16.3. The van der Waals surface area contributed by atoms with Gasteiger partial charge in [-0.15, -0.1) is 0 Å². The summed E-state index contributed by atoms with van der Waals surface area (Å²) in [6.07, 6.45) is 0. The number of anilines is 3. The first-order chi connectivity index (χ1) is 29.0. The van der Waals surface area contributed by atoms with Crippen LogP contribution in [-0.2, 0) is 5.41 Å². The minimum absolute atomic E-state index is 0.263. The molecular weight excluding hydrogens is 715 g/mol. The summed E-state index contributed by atoms with van der Waals surface area (Å²) in [4.78, 5) is 2.45. The van der Waals surface area contributed by atoms with Crippen LogP contribution in [0.25, 0.3) is 77.6 Å². The monoisotopic (exact) mass is 755 g/mol. The lowest BCUT2D eigenvalue weighted by Gasteiger charge is -2.30. The van der Waals surface area contributed by atoms with Crippen LogP contribution < -0.4 is 4.90 Å². The Kier molecular flexibility index (Phi) is 8.20. The lowest BCUT2D eigenvalue weighted by Crippen LogP contribution is -2.16. The zero-order valence-corrected chi connectivity index (χ0v) is 33.1. The number of fused-ring (bicyclic) bond motifs is 7. The second-order valence-electron chi connectivity index (χ2n) is 16.1. The Bertz CT molecular complexity index is 3140. The summed E-state index contributed by atoms with van der Waals surface area (Å²) in [6.45, 7) is 4.74. The summed E-state index contributed by atoms with van der Waals surface area (Å²) in [6, 6.07) is 76.7. The maximum absolute atomic E-state index is 6.79. The Morgan fingerprint density at radius 2 is 0.898 bits per heavy atom. The maximum atomic E-state index is 6.79. The average Bonchev–Trinajstić information content (AvgIpc) is 3.79. The Morgan fingerprint density at radius 3 is 1.58 bits per heavy atom. The van der Waals surface area contributed by atoms with Crippen LogP contribution in [0.2, 0.25) is 0 Å². The van der Waals surface area contributed by atoms with E-state index < -0.39 is 0 Å². The highest BCUT2D eigenvalue weighted by Crippen LogP contribution is 2.58. The average molecular weight is 756 g/mol. The number of hydrogen-bond donors (Lipinski definition) is 0. The summed E-state index contributed by atoms with van der Waals surface area (Å²) >= 11 is 0. The molecule has 0 saturated heterocycles. The highest BCUT2D eigenvalue weighted by Gasteiger charge is 2.41. The van der Waals surface area contributed by atoms with Gasteiger partial charge in [0.25, 0.3) is 0 Å². The van der Waals surface area contributed by atoms with Gasteiger partial charge in [-0.2, -0.15) is 0 Å². The third-order valence-corrected chi connectivity index (χ3v) is 12.3. The van der Waals surface area contributed by atoms with E-state index in [2.05, 4.69) is 231 Å². The van der Waals surface area contributed by atoms with E-state index in [1.807, 2.05) is 0 Å². The number of benzene rings is 9. The second kappa shape index (κ2) is 13.9. The van der Waals surface area contributed by atoms with Crippen molar-refractivity contribution in [2.45, 2.75) is 19.3 Å². The van der Waals surface area contributed by atoms with E-state index in [-0.39, 0.29) is 5.41 Å². The van der Waals surface area contributed by atoms with Gasteiger partial charge >= 0.3 is 0 Å². The predicted molar refractivity (Wildman–Crippen MR) is 248 cm³/mol. The minimum atomic E-state index is -0.263. The molecule has 0 unspecified atom stereocenters. The SMILES string of the molecule is CC1(C)c2ccccc2-c2c(N(c3ccc(-c4ccccc4)cc3)c3ccc(-c4ccc(-c5ccccc5)cc4)c(-c4ccccc4)c3)cc3oc4ccccc4c3c21. The third kappa shape index (κ3) is 5.79. The van der Waals surface area contributed by atoms with E-state index >= 15 is 0 Å². The van der Waals surface area contributed by atoms with Gasteiger partial charge in [0, 0.05) is 39.2 Å². The molecule has 0 fully saturated rings. The molecule has 1 aliphatic carbocycles. The standard InChI is InChI=1S/C57H41NO/c1-57(2)50-24-14-12-22-47(50)54-51(37-53-55(56(54)57)48-23-13-15-25-52(48)59-53)58(44-32-30-41(31-33-44)39-18-8-4-9-19-39)45-34-35-46(49(36-45)42-20-10-5-11-21-42)43-28-26-40(27-29-43)38-16-6-3-7-17-38/h3-37H,1-2H3. The summed E-state index contributed by atoms with van der Waals surface area (Å²) in [5.74, 6) is 0. The molecule has 1 aromatic heterocycles. The van der Waals surface area contributed by atoms with Crippen molar-refractivity contribution >= 4 is 39.0 Å². The highest BCUT2D eigenvalue weighted by molar-refractivity contribution is 6.14. The van der Waals surface area contributed by atoms with Crippen molar-refractivity contribution in [3.05, 3.63) is 223 Å². The molecule has 0 radical (unpaired) electrons. The van der Waals surface area contributed by atoms with Crippen LogP contribution in [0.15, 0.2) is 217 Å². The van der Waals surface area contributed by atoms with E-state index in [0.29, 0.717) is 0 Å². The van der Waals surface area contributed by atoms with Gasteiger partial charge in [0.05, 0.1) is 5.69 Å². The van der Waals surface area contributed by atoms with E-state index in [0.717, 1.165) is 33.6 Å². The summed E-state index contributed by atoms with van der Waals surface area (Å²) < 4.78 is 6.79. The first-order valence-corrected chi connectivity index (χ1v) is 20.4. The van der Waals surface area contributed by atoms with Crippen LogP contribution in [-0.4, -0.2) is 0 Å². The van der Waals surface area contributed by atoms with E-state index in [1.165, 1.54) is 72.1 Å². The summed E-state index contributed by atoms with van der Waals surface area (Å²) in [5.41, 5.74) is 19.4.